The van der Waals surface area contributed by atoms with Crippen molar-refractivity contribution in [2.75, 3.05) is 37.0 Å². The first kappa shape index (κ1) is 20.7. The highest BCUT2D eigenvalue weighted by atomic mass is 19.1. The molecule has 0 unspecified atom stereocenters. The maximum absolute atomic E-state index is 13.8. The number of benzene rings is 2. The Morgan fingerprint density at radius 1 is 1.14 bits per heavy atom. The molecule has 5 nitrogen and oxygen atoms in total. The maximum atomic E-state index is 13.8. The highest BCUT2D eigenvalue weighted by molar-refractivity contribution is 5.95. The molecule has 2 aromatic rings. The highest BCUT2D eigenvalue weighted by Crippen LogP contribution is 2.30. The summed E-state index contributed by atoms with van der Waals surface area (Å²) in [7, 11) is 1.55. The quantitative estimate of drug-likeness (QED) is 0.723. The Bertz CT molecular complexity index is 876. The molecule has 0 atom stereocenters. The zero-order chi connectivity index (χ0) is 20.6. The van der Waals surface area contributed by atoms with E-state index in [1.54, 1.807) is 19.2 Å². The van der Waals surface area contributed by atoms with Gasteiger partial charge in [-0.05, 0) is 62.1 Å². The third-order valence-corrected chi connectivity index (χ3v) is 4.84. The summed E-state index contributed by atoms with van der Waals surface area (Å²) >= 11 is 0. The zero-order valence-electron chi connectivity index (χ0n) is 16.9. The number of anilines is 2. The standard InChI is InChI=1S/C23H27FN2O3/c1-3-7-17-8-11-21(22(14-17)28-2)29-16-23(27)25-19-15-18(24)9-10-20(19)26-12-5-4-6-13-26/h3,7-11,14-15H,4-6,12-13,16H2,1-2H3,(H,25,27)/b7-3+. The lowest BCUT2D eigenvalue weighted by molar-refractivity contribution is -0.118. The van der Waals surface area contributed by atoms with Crippen molar-refractivity contribution in [2.45, 2.75) is 26.2 Å². The van der Waals surface area contributed by atoms with Crippen LogP contribution in [0.5, 0.6) is 11.5 Å². The van der Waals surface area contributed by atoms with E-state index in [4.69, 9.17) is 9.47 Å². The second-order valence-electron chi connectivity index (χ2n) is 6.96. The maximum Gasteiger partial charge on any atom is 0.262 e. The van der Waals surface area contributed by atoms with Gasteiger partial charge < -0.3 is 19.7 Å². The predicted molar refractivity (Wildman–Crippen MR) is 114 cm³/mol. The van der Waals surface area contributed by atoms with Gasteiger partial charge in [-0.3, -0.25) is 4.79 Å². The zero-order valence-corrected chi connectivity index (χ0v) is 16.9. The van der Waals surface area contributed by atoms with E-state index >= 15 is 0 Å². The van der Waals surface area contributed by atoms with Crippen LogP contribution in [0.15, 0.2) is 42.5 Å². The third-order valence-electron chi connectivity index (χ3n) is 4.84. The predicted octanol–water partition coefficient (Wildman–Crippen LogP) is 4.88. The fourth-order valence-corrected chi connectivity index (χ4v) is 3.45. The molecule has 0 spiro atoms. The second kappa shape index (κ2) is 9.96. The lowest BCUT2D eigenvalue weighted by Gasteiger charge is -2.30. The number of nitrogens with zero attached hydrogens (tertiary/aromatic N) is 1. The van der Waals surface area contributed by atoms with E-state index in [1.807, 2.05) is 31.2 Å². The number of carbonyl (C=O) groups is 1. The van der Waals surface area contributed by atoms with E-state index in [2.05, 4.69) is 10.2 Å². The highest BCUT2D eigenvalue weighted by Gasteiger charge is 2.17. The molecule has 29 heavy (non-hydrogen) atoms. The minimum Gasteiger partial charge on any atom is -0.493 e. The van der Waals surface area contributed by atoms with E-state index < -0.39 is 0 Å². The minimum atomic E-state index is -0.386. The number of allylic oxidation sites excluding steroid dienone is 1. The summed E-state index contributed by atoms with van der Waals surface area (Å²) in [5.74, 6) is 0.288. The molecule has 0 saturated carbocycles. The van der Waals surface area contributed by atoms with Crippen molar-refractivity contribution in [3.63, 3.8) is 0 Å². The molecule has 1 amide bonds. The first-order chi connectivity index (χ1) is 14.1. The average molecular weight is 398 g/mol. The molecule has 0 aromatic heterocycles. The van der Waals surface area contributed by atoms with Crippen LogP contribution in [0.2, 0.25) is 0 Å². The number of amides is 1. The first-order valence-corrected chi connectivity index (χ1v) is 9.88. The Morgan fingerprint density at radius 3 is 2.66 bits per heavy atom. The van der Waals surface area contributed by atoms with Crippen molar-refractivity contribution < 1.29 is 18.7 Å². The van der Waals surface area contributed by atoms with Gasteiger partial charge in [0, 0.05) is 13.1 Å². The Hall–Kier alpha value is -3.02. The van der Waals surface area contributed by atoms with Crippen molar-refractivity contribution in [3.8, 4) is 11.5 Å². The van der Waals surface area contributed by atoms with Gasteiger partial charge in [-0.1, -0.05) is 18.2 Å². The molecule has 1 saturated heterocycles. The molecule has 0 bridgehead atoms. The molecular formula is C23H27FN2O3. The van der Waals surface area contributed by atoms with Crippen LogP contribution in [0.25, 0.3) is 6.08 Å². The molecule has 6 heteroatoms. The number of nitrogens with one attached hydrogen (secondary N) is 1. The minimum absolute atomic E-state index is 0.199. The van der Waals surface area contributed by atoms with Crippen LogP contribution in [0.4, 0.5) is 15.8 Å². The van der Waals surface area contributed by atoms with Crippen molar-refractivity contribution >= 4 is 23.4 Å². The first-order valence-electron chi connectivity index (χ1n) is 9.88. The molecule has 0 aliphatic carbocycles. The average Bonchev–Trinajstić information content (AvgIpc) is 2.73. The van der Waals surface area contributed by atoms with E-state index in [0.29, 0.717) is 17.2 Å². The lowest BCUT2D eigenvalue weighted by atomic mass is 10.1. The molecule has 154 valence electrons. The van der Waals surface area contributed by atoms with Gasteiger partial charge in [0.05, 0.1) is 18.5 Å². The van der Waals surface area contributed by atoms with Crippen LogP contribution < -0.4 is 19.7 Å². The number of methoxy groups -OCH3 is 1. The van der Waals surface area contributed by atoms with E-state index in [0.717, 1.165) is 37.2 Å². The Morgan fingerprint density at radius 2 is 1.93 bits per heavy atom. The lowest BCUT2D eigenvalue weighted by Crippen LogP contribution is -2.31. The molecule has 1 fully saturated rings. The Kier molecular flexibility index (Phi) is 7.11. The summed E-state index contributed by atoms with van der Waals surface area (Å²) in [6.45, 7) is 3.54. The molecule has 1 aliphatic heterocycles. The van der Waals surface area contributed by atoms with Gasteiger partial charge in [-0.25, -0.2) is 4.39 Å². The Labute approximate surface area is 171 Å². The number of ether oxygens (including phenoxy) is 2. The molecule has 2 aromatic carbocycles. The van der Waals surface area contributed by atoms with E-state index in [1.165, 1.54) is 18.6 Å². The molecule has 0 radical (unpaired) electrons. The summed E-state index contributed by atoms with van der Waals surface area (Å²) in [5.41, 5.74) is 2.29. The fourth-order valence-electron chi connectivity index (χ4n) is 3.45. The second-order valence-corrected chi connectivity index (χ2v) is 6.96. The van der Waals surface area contributed by atoms with Gasteiger partial charge in [0.1, 0.15) is 5.82 Å². The topological polar surface area (TPSA) is 50.8 Å². The fraction of sp³-hybridized carbons (Fsp3) is 0.348. The van der Waals surface area contributed by atoms with E-state index in [-0.39, 0.29) is 18.3 Å². The summed E-state index contributed by atoms with van der Waals surface area (Å²) in [6, 6.07) is 10.00. The molecular weight excluding hydrogens is 371 g/mol. The number of piperidine rings is 1. The van der Waals surface area contributed by atoms with Crippen LogP contribution in [0, 0.1) is 5.82 Å². The smallest absolute Gasteiger partial charge is 0.262 e. The largest absolute Gasteiger partial charge is 0.493 e. The number of hydrogen-bond donors (Lipinski definition) is 1. The van der Waals surface area contributed by atoms with Gasteiger partial charge >= 0.3 is 0 Å². The van der Waals surface area contributed by atoms with E-state index in [9.17, 15) is 9.18 Å². The molecule has 3 rings (SSSR count). The van der Waals surface area contributed by atoms with Crippen molar-refractivity contribution in [1.82, 2.24) is 0 Å². The molecule has 1 aliphatic rings. The number of halogens is 1. The SMILES string of the molecule is C/C=C/c1ccc(OCC(=O)Nc2cc(F)ccc2N2CCCCC2)c(OC)c1. The molecule has 1 heterocycles. The number of carbonyl (C=O) groups excluding carboxylic acids is 1. The van der Waals surface area contributed by atoms with Crippen LogP contribution in [0.1, 0.15) is 31.7 Å². The normalized spacial score (nSPS) is 14.1. The monoisotopic (exact) mass is 398 g/mol. The van der Waals surface area contributed by atoms with Crippen LogP contribution in [-0.2, 0) is 4.79 Å². The summed E-state index contributed by atoms with van der Waals surface area (Å²) in [6.07, 6.45) is 7.27. The van der Waals surface area contributed by atoms with Crippen LogP contribution in [-0.4, -0.2) is 32.7 Å². The van der Waals surface area contributed by atoms with Crippen molar-refractivity contribution in [1.29, 1.82) is 0 Å². The molecule has 1 N–H and O–H groups in total. The van der Waals surface area contributed by atoms with Crippen molar-refractivity contribution in [3.05, 3.63) is 53.9 Å². The van der Waals surface area contributed by atoms with Gasteiger partial charge in [0.25, 0.3) is 5.91 Å². The van der Waals surface area contributed by atoms with Gasteiger partial charge in [0.15, 0.2) is 18.1 Å². The summed E-state index contributed by atoms with van der Waals surface area (Å²) < 4.78 is 24.8. The summed E-state index contributed by atoms with van der Waals surface area (Å²) in [5, 5.41) is 2.79. The summed E-state index contributed by atoms with van der Waals surface area (Å²) in [4.78, 5) is 14.7. The number of rotatable bonds is 7. The van der Waals surface area contributed by atoms with Crippen LogP contribution in [0.3, 0.4) is 0 Å². The van der Waals surface area contributed by atoms with Gasteiger partial charge in [0.2, 0.25) is 0 Å². The Balaban J connectivity index is 1.67. The van der Waals surface area contributed by atoms with Gasteiger partial charge in [-0.15, -0.1) is 0 Å². The van der Waals surface area contributed by atoms with Gasteiger partial charge in [-0.2, -0.15) is 0 Å². The van der Waals surface area contributed by atoms with Crippen molar-refractivity contribution in [2.24, 2.45) is 0 Å². The third kappa shape index (κ3) is 5.50. The van der Waals surface area contributed by atoms with Crippen LogP contribution >= 0.6 is 0 Å². The number of hydrogen-bond acceptors (Lipinski definition) is 4.